The van der Waals surface area contributed by atoms with Crippen molar-refractivity contribution in [2.45, 2.75) is 6.92 Å². The lowest BCUT2D eigenvalue weighted by atomic mass is 10.3. The van der Waals surface area contributed by atoms with E-state index < -0.39 is 5.97 Å². The van der Waals surface area contributed by atoms with Gasteiger partial charge in [-0.25, -0.2) is 14.5 Å². The molecule has 6 heteroatoms. The van der Waals surface area contributed by atoms with Crippen molar-refractivity contribution in [3.63, 3.8) is 0 Å². The Morgan fingerprint density at radius 3 is 2.81 bits per heavy atom. The second-order valence-corrected chi connectivity index (χ2v) is 4.15. The Morgan fingerprint density at radius 1 is 1.50 bits per heavy atom. The van der Waals surface area contributed by atoms with Gasteiger partial charge in [0.15, 0.2) is 5.82 Å². The van der Waals surface area contributed by atoms with E-state index in [4.69, 9.17) is 5.11 Å². The number of carboxylic acid groups (broad SMARTS) is 1. The molecule has 0 saturated carbocycles. The van der Waals surface area contributed by atoms with Crippen LogP contribution in [-0.4, -0.2) is 25.8 Å². The quantitative estimate of drug-likeness (QED) is 0.915. The molecule has 82 valence electrons. The highest BCUT2D eigenvalue weighted by molar-refractivity contribution is 9.10. The third-order valence-corrected chi connectivity index (χ3v) is 2.59. The number of aromatic carboxylic acids is 1. The van der Waals surface area contributed by atoms with Crippen LogP contribution in [0.25, 0.3) is 5.82 Å². The summed E-state index contributed by atoms with van der Waals surface area (Å²) in [6.45, 7) is 1.92. The lowest BCUT2D eigenvalue weighted by molar-refractivity contribution is 0.0697. The number of aromatic nitrogens is 3. The van der Waals surface area contributed by atoms with E-state index in [2.05, 4.69) is 26.0 Å². The number of nitrogens with zero attached hydrogens (tertiary/aromatic N) is 3. The van der Waals surface area contributed by atoms with E-state index in [0.29, 0.717) is 5.82 Å². The number of hydrogen-bond donors (Lipinski definition) is 1. The molecule has 0 spiro atoms. The van der Waals surface area contributed by atoms with Gasteiger partial charge in [-0.1, -0.05) is 0 Å². The van der Waals surface area contributed by atoms with Gasteiger partial charge in [0.05, 0.1) is 16.2 Å². The van der Waals surface area contributed by atoms with Crippen LogP contribution in [0.2, 0.25) is 0 Å². The van der Waals surface area contributed by atoms with Crippen LogP contribution in [0.1, 0.15) is 15.9 Å². The van der Waals surface area contributed by atoms with E-state index in [9.17, 15) is 4.79 Å². The molecule has 1 N–H and O–H groups in total. The summed E-state index contributed by atoms with van der Waals surface area (Å²) in [7, 11) is 0. The summed E-state index contributed by atoms with van der Waals surface area (Å²) in [5.74, 6) is -0.437. The van der Waals surface area contributed by atoms with Gasteiger partial charge in [-0.2, -0.15) is 5.10 Å². The molecule has 2 heterocycles. The van der Waals surface area contributed by atoms with Crippen LogP contribution in [0.4, 0.5) is 0 Å². The Labute approximate surface area is 99.9 Å². The maximum Gasteiger partial charge on any atom is 0.338 e. The Bertz CT molecular complexity index is 551. The molecular formula is C10H8BrN3O2. The van der Waals surface area contributed by atoms with E-state index in [1.807, 2.05) is 13.0 Å². The smallest absolute Gasteiger partial charge is 0.338 e. The van der Waals surface area contributed by atoms with E-state index in [1.54, 1.807) is 6.20 Å². The number of carboxylic acids is 1. The van der Waals surface area contributed by atoms with Gasteiger partial charge in [0, 0.05) is 12.4 Å². The molecule has 0 aliphatic heterocycles. The van der Waals surface area contributed by atoms with Crippen molar-refractivity contribution in [3.05, 3.63) is 40.3 Å². The minimum Gasteiger partial charge on any atom is -0.478 e. The highest BCUT2D eigenvalue weighted by Crippen LogP contribution is 2.19. The third-order valence-electron chi connectivity index (χ3n) is 2.01. The number of carbonyl (C=O) groups is 1. The SMILES string of the molecule is Cc1cnc(-n2cc(C(=O)O)cn2)c(Br)c1. The van der Waals surface area contributed by atoms with E-state index in [-0.39, 0.29) is 5.56 Å². The molecule has 2 aromatic rings. The van der Waals surface area contributed by atoms with Gasteiger partial charge in [0.2, 0.25) is 0 Å². The maximum absolute atomic E-state index is 10.7. The summed E-state index contributed by atoms with van der Waals surface area (Å²) >= 11 is 3.36. The third kappa shape index (κ3) is 1.96. The first-order valence-corrected chi connectivity index (χ1v) is 5.27. The summed E-state index contributed by atoms with van der Waals surface area (Å²) < 4.78 is 2.19. The number of pyridine rings is 1. The second-order valence-electron chi connectivity index (χ2n) is 3.30. The van der Waals surface area contributed by atoms with Gasteiger partial charge >= 0.3 is 5.97 Å². The van der Waals surface area contributed by atoms with E-state index in [0.717, 1.165) is 10.0 Å². The molecule has 0 radical (unpaired) electrons. The monoisotopic (exact) mass is 281 g/mol. The van der Waals surface area contributed by atoms with E-state index in [1.165, 1.54) is 17.1 Å². The maximum atomic E-state index is 10.7. The second kappa shape index (κ2) is 4.05. The van der Waals surface area contributed by atoms with Crippen LogP contribution in [-0.2, 0) is 0 Å². The number of aryl methyl sites for hydroxylation is 1. The first-order valence-electron chi connectivity index (χ1n) is 4.48. The van der Waals surface area contributed by atoms with Crippen molar-refractivity contribution in [2.75, 3.05) is 0 Å². The number of rotatable bonds is 2. The Hall–Kier alpha value is -1.69. The summed E-state index contributed by atoms with van der Waals surface area (Å²) in [4.78, 5) is 14.9. The average Bonchev–Trinajstić information content (AvgIpc) is 2.66. The summed E-state index contributed by atoms with van der Waals surface area (Å²) in [5.41, 5.74) is 1.15. The summed E-state index contributed by atoms with van der Waals surface area (Å²) in [5, 5.41) is 12.7. The fourth-order valence-corrected chi connectivity index (χ4v) is 1.89. The Balaban J connectivity index is 2.46. The fraction of sp³-hybridized carbons (Fsp3) is 0.100. The standard InChI is InChI=1S/C10H8BrN3O2/c1-6-2-8(11)9(12-3-6)14-5-7(4-13-14)10(15)16/h2-5H,1H3,(H,15,16). The average molecular weight is 282 g/mol. The molecule has 0 fully saturated rings. The van der Waals surface area contributed by atoms with Crippen LogP contribution in [0.3, 0.4) is 0 Å². The number of halogens is 1. The molecule has 0 bridgehead atoms. The van der Waals surface area contributed by atoms with Crippen LogP contribution in [0, 0.1) is 6.92 Å². The Morgan fingerprint density at radius 2 is 2.25 bits per heavy atom. The fourth-order valence-electron chi connectivity index (χ4n) is 1.24. The molecular weight excluding hydrogens is 274 g/mol. The highest BCUT2D eigenvalue weighted by Gasteiger charge is 2.10. The van der Waals surface area contributed by atoms with Gasteiger partial charge < -0.3 is 5.11 Å². The van der Waals surface area contributed by atoms with Crippen LogP contribution < -0.4 is 0 Å². The largest absolute Gasteiger partial charge is 0.478 e. The van der Waals surface area contributed by atoms with Gasteiger partial charge in [0.25, 0.3) is 0 Å². The van der Waals surface area contributed by atoms with Crippen molar-refractivity contribution < 1.29 is 9.90 Å². The molecule has 0 unspecified atom stereocenters. The van der Waals surface area contributed by atoms with Crippen LogP contribution in [0.15, 0.2) is 29.1 Å². The van der Waals surface area contributed by atoms with Gasteiger partial charge in [0.1, 0.15) is 0 Å². The molecule has 2 rings (SSSR count). The lowest BCUT2D eigenvalue weighted by Crippen LogP contribution is -2.00. The van der Waals surface area contributed by atoms with Crippen molar-refractivity contribution in [2.24, 2.45) is 0 Å². The van der Waals surface area contributed by atoms with Gasteiger partial charge in [-0.3, -0.25) is 0 Å². The van der Waals surface area contributed by atoms with Gasteiger partial charge in [-0.15, -0.1) is 0 Å². The first kappa shape index (κ1) is 10.8. The van der Waals surface area contributed by atoms with E-state index >= 15 is 0 Å². The summed E-state index contributed by atoms with van der Waals surface area (Å²) in [6, 6.07) is 1.89. The molecule has 0 atom stereocenters. The molecule has 5 nitrogen and oxygen atoms in total. The minimum atomic E-state index is -1.01. The molecule has 2 aromatic heterocycles. The van der Waals surface area contributed by atoms with Crippen molar-refractivity contribution in [3.8, 4) is 5.82 Å². The zero-order chi connectivity index (χ0) is 11.7. The van der Waals surface area contributed by atoms with Crippen molar-refractivity contribution >= 4 is 21.9 Å². The van der Waals surface area contributed by atoms with Gasteiger partial charge in [-0.05, 0) is 34.5 Å². The molecule has 0 aromatic carbocycles. The zero-order valence-corrected chi connectivity index (χ0v) is 9.97. The number of hydrogen-bond acceptors (Lipinski definition) is 3. The minimum absolute atomic E-state index is 0.134. The predicted molar refractivity (Wildman–Crippen MR) is 60.8 cm³/mol. The predicted octanol–water partition coefficient (Wildman–Crippen LogP) is 2.04. The van der Waals surface area contributed by atoms with Crippen LogP contribution >= 0.6 is 15.9 Å². The summed E-state index contributed by atoms with van der Waals surface area (Å²) in [6.07, 6.45) is 4.41. The Kier molecular flexibility index (Phi) is 2.74. The molecule has 0 aliphatic rings. The van der Waals surface area contributed by atoms with Crippen molar-refractivity contribution in [1.29, 1.82) is 0 Å². The van der Waals surface area contributed by atoms with Crippen molar-refractivity contribution in [1.82, 2.24) is 14.8 Å². The molecule has 0 aliphatic carbocycles. The highest BCUT2D eigenvalue weighted by atomic mass is 79.9. The first-order chi connectivity index (χ1) is 7.58. The zero-order valence-electron chi connectivity index (χ0n) is 8.38. The lowest BCUT2D eigenvalue weighted by Gasteiger charge is -2.03. The molecule has 0 saturated heterocycles. The molecule has 16 heavy (non-hydrogen) atoms. The topological polar surface area (TPSA) is 68.0 Å². The normalized spacial score (nSPS) is 10.4. The van der Waals surface area contributed by atoms with Crippen LogP contribution in [0.5, 0.6) is 0 Å². The molecule has 0 amide bonds.